The molecular formula is C13H18N2O4. The monoisotopic (exact) mass is 266 g/mol. The Bertz CT molecular complexity index is 448. The van der Waals surface area contributed by atoms with Crippen LogP contribution >= 0.6 is 0 Å². The molecule has 1 aromatic rings. The maximum atomic E-state index is 11.8. The van der Waals surface area contributed by atoms with Crippen molar-refractivity contribution in [2.45, 2.75) is 12.5 Å². The van der Waals surface area contributed by atoms with Gasteiger partial charge < -0.3 is 20.9 Å². The summed E-state index contributed by atoms with van der Waals surface area (Å²) in [5.74, 6) is -1.14. The van der Waals surface area contributed by atoms with E-state index in [0.717, 1.165) is 5.56 Å². The van der Waals surface area contributed by atoms with Gasteiger partial charge in [0.05, 0.1) is 13.7 Å². The Morgan fingerprint density at radius 3 is 2.84 bits per heavy atom. The average molecular weight is 266 g/mol. The van der Waals surface area contributed by atoms with E-state index in [4.69, 9.17) is 5.73 Å². The molecule has 0 saturated heterocycles. The molecule has 1 aromatic carbocycles. The molecule has 104 valence electrons. The molecule has 0 radical (unpaired) electrons. The van der Waals surface area contributed by atoms with E-state index in [1.807, 2.05) is 6.07 Å². The molecule has 0 aromatic heterocycles. The van der Waals surface area contributed by atoms with Gasteiger partial charge in [0.25, 0.3) is 5.91 Å². The Hall–Kier alpha value is -1.92. The zero-order chi connectivity index (χ0) is 14.3. The number of hydrogen-bond acceptors (Lipinski definition) is 5. The standard InChI is InChI=1S/C13H18N2O4/c1-19-13(18)11(16)8-15-12(17)10-4-2-3-9(7-10)5-6-14/h2-4,7,11,16H,5-6,8,14H2,1H3,(H,15,17). The second-order valence-electron chi connectivity index (χ2n) is 3.99. The Balaban J connectivity index is 2.58. The van der Waals surface area contributed by atoms with Gasteiger partial charge >= 0.3 is 5.97 Å². The zero-order valence-corrected chi connectivity index (χ0v) is 10.8. The number of amides is 1. The van der Waals surface area contributed by atoms with Crippen LogP contribution in [0.2, 0.25) is 0 Å². The van der Waals surface area contributed by atoms with Crippen LogP contribution in [0.4, 0.5) is 0 Å². The van der Waals surface area contributed by atoms with E-state index in [9.17, 15) is 14.7 Å². The van der Waals surface area contributed by atoms with Crippen molar-refractivity contribution in [2.24, 2.45) is 5.73 Å². The van der Waals surface area contributed by atoms with Crippen LogP contribution in [0.25, 0.3) is 0 Å². The van der Waals surface area contributed by atoms with Crippen molar-refractivity contribution in [3.05, 3.63) is 35.4 Å². The predicted molar refractivity (Wildman–Crippen MR) is 69.6 cm³/mol. The summed E-state index contributed by atoms with van der Waals surface area (Å²) in [4.78, 5) is 22.8. The van der Waals surface area contributed by atoms with Gasteiger partial charge in [0, 0.05) is 5.56 Å². The number of aliphatic hydroxyl groups excluding tert-OH is 1. The van der Waals surface area contributed by atoms with E-state index >= 15 is 0 Å². The van der Waals surface area contributed by atoms with Gasteiger partial charge in [-0.05, 0) is 30.7 Å². The molecule has 0 saturated carbocycles. The van der Waals surface area contributed by atoms with Gasteiger partial charge in [0.1, 0.15) is 0 Å². The van der Waals surface area contributed by atoms with Gasteiger partial charge in [-0.2, -0.15) is 0 Å². The molecule has 4 N–H and O–H groups in total. The van der Waals surface area contributed by atoms with Crippen LogP contribution in [0.1, 0.15) is 15.9 Å². The van der Waals surface area contributed by atoms with Gasteiger partial charge in [-0.3, -0.25) is 4.79 Å². The fraction of sp³-hybridized carbons (Fsp3) is 0.385. The van der Waals surface area contributed by atoms with Gasteiger partial charge in [0.2, 0.25) is 0 Å². The van der Waals surface area contributed by atoms with E-state index in [1.54, 1.807) is 18.2 Å². The molecule has 0 bridgehead atoms. The molecule has 19 heavy (non-hydrogen) atoms. The molecule has 0 fully saturated rings. The zero-order valence-electron chi connectivity index (χ0n) is 10.8. The van der Waals surface area contributed by atoms with Crippen molar-refractivity contribution in [3.63, 3.8) is 0 Å². The van der Waals surface area contributed by atoms with E-state index < -0.39 is 12.1 Å². The summed E-state index contributed by atoms with van der Waals surface area (Å²) < 4.78 is 4.35. The lowest BCUT2D eigenvalue weighted by atomic mass is 10.1. The van der Waals surface area contributed by atoms with E-state index in [0.29, 0.717) is 18.5 Å². The third-order valence-corrected chi connectivity index (χ3v) is 2.55. The number of nitrogens with one attached hydrogen (secondary N) is 1. The number of esters is 1. The van der Waals surface area contributed by atoms with Crippen LogP contribution in [0, 0.1) is 0 Å². The summed E-state index contributed by atoms with van der Waals surface area (Å²) in [6, 6.07) is 7.02. The Morgan fingerprint density at radius 2 is 2.21 bits per heavy atom. The average Bonchev–Trinajstić information content (AvgIpc) is 2.44. The molecule has 0 spiro atoms. The summed E-state index contributed by atoms with van der Waals surface area (Å²) >= 11 is 0. The van der Waals surface area contributed by atoms with Crippen molar-refractivity contribution in [3.8, 4) is 0 Å². The lowest BCUT2D eigenvalue weighted by Gasteiger charge is -2.10. The molecule has 0 aliphatic carbocycles. The number of aliphatic hydroxyl groups is 1. The summed E-state index contributed by atoms with van der Waals surface area (Å²) in [6.45, 7) is 0.318. The first-order valence-corrected chi connectivity index (χ1v) is 5.91. The molecule has 6 nitrogen and oxygen atoms in total. The van der Waals surface area contributed by atoms with Gasteiger partial charge in [-0.25, -0.2) is 4.79 Å². The number of ether oxygens (including phenoxy) is 1. The first-order valence-electron chi connectivity index (χ1n) is 5.91. The maximum Gasteiger partial charge on any atom is 0.336 e. The lowest BCUT2D eigenvalue weighted by molar-refractivity contribution is -0.149. The maximum absolute atomic E-state index is 11.8. The minimum atomic E-state index is -1.36. The summed E-state index contributed by atoms with van der Waals surface area (Å²) in [6.07, 6.45) is -0.674. The molecule has 1 atom stereocenters. The molecule has 0 aliphatic heterocycles. The van der Waals surface area contributed by atoms with Crippen molar-refractivity contribution in [1.29, 1.82) is 0 Å². The second kappa shape index (κ2) is 7.50. The third-order valence-electron chi connectivity index (χ3n) is 2.55. The fourth-order valence-electron chi connectivity index (χ4n) is 1.55. The van der Waals surface area contributed by atoms with Crippen molar-refractivity contribution in [1.82, 2.24) is 5.32 Å². The number of carbonyl (C=O) groups excluding carboxylic acids is 2. The van der Waals surface area contributed by atoms with E-state index in [1.165, 1.54) is 7.11 Å². The van der Waals surface area contributed by atoms with Crippen molar-refractivity contribution in [2.75, 3.05) is 20.2 Å². The van der Waals surface area contributed by atoms with Crippen LogP contribution in [-0.4, -0.2) is 43.3 Å². The van der Waals surface area contributed by atoms with Gasteiger partial charge in [-0.1, -0.05) is 12.1 Å². The highest BCUT2D eigenvalue weighted by molar-refractivity contribution is 5.94. The quantitative estimate of drug-likeness (QED) is 0.600. The largest absolute Gasteiger partial charge is 0.467 e. The van der Waals surface area contributed by atoms with Crippen LogP contribution in [0.5, 0.6) is 0 Å². The Kier molecular flexibility index (Phi) is 5.98. The van der Waals surface area contributed by atoms with E-state index in [2.05, 4.69) is 10.1 Å². The van der Waals surface area contributed by atoms with Gasteiger partial charge in [-0.15, -0.1) is 0 Å². The second-order valence-corrected chi connectivity index (χ2v) is 3.99. The molecule has 1 unspecified atom stereocenters. The Morgan fingerprint density at radius 1 is 1.47 bits per heavy atom. The fourth-order valence-corrected chi connectivity index (χ4v) is 1.55. The highest BCUT2D eigenvalue weighted by atomic mass is 16.5. The predicted octanol–water partition coefficient (Wildman–Crippen LogP) is -0.548. The highest BCUT2D eigenvalue weighted by Crippen LogP contribution is 2.05. The number of nitrogens with two attached hydrogens (primary N) is 1. The number of benzene rings is 1. The summed E-state index contributed by atoms with van der Waals surface area (Å²) in [5, 5.41) is 11.8. The van der Waals surface area contributed by atoms with Gasteiger partial charge in [0.15, 0.2) is 6.10 Å². The smallest absolute Gasteiger partial charge is 0.336 e. The van der Waals surface area contributed by atoms with E-state index in [-0.39, 0.29) is 12.5 Å². The van der Waals surface area contributed by atoms with Crippen LogP contribution in [0.3, 0.4) is 0 Å². The number of rotatable bonds is 6. The molecule has 6 heteroatoms. The minimum Gasteiger partial charge on any atom is -0.467 e. The SMILES string of the molecule is COC(=O)C(O)CNC(=O)c1cccc(CCN)c1. The highest BCUT2D eigenvalue weighted by Gasteiger charge is 2.16. The molecule has 0 heterocycles. The summed E-state index contributed by atoms with van der Waals surface area (Å²) in [5.41, 5.74) is 6.87. The number of carbonyl (C=O) groups is 2. The number of hydrogen-bond donors (Lipinski definition) is 3. The first kappa shape index (κ1) is 15.1. The molecule has 0 aliphatic rings. The Labute approximate surface area is 111 Å². The summed E-state index contributed by atoms with van der Waals surface area (Å²) in [7, 11) is 1.17. The topological polar surface area (TPSA) is 102 Å². The molecule has 1 rings (SSSR count). The molecule has 1 amide bonds. The first-order chi connectivity index (χ1) is 9.08. The van der Waals surface area contributed by atoms with Crippen LogP contribution < -0.4 is 11.1 Å². The minimum absolute atomic E-state index is 0.188. The van der Waals surface area contributed by atoms with Crippen LogP contribution in [-0.2, 0) is 16.0 Å². The third kappa shape index (κ3) is 4.69. The van der Waals surface area contributed by atoms with Crippen molar-refractivity contribution >= 4 is 11.9 Å². The molecular weight excluding hydrogens is 248 g/mol. The number of methoxy groups -OCH3 is 1. The lowest BCUT2D eigenvalue weighted by Crippen LogP contribution is -2.37. The normalized spacial score (nSPS) is 11.7. The van der Waals surface area contributed by atoms with Crippen LogP contribution in [0.15, 0.2) is 24.3 Å². The van der Waals surface area contributed by atoms with Crippen molar-refractivity contribution < 1.29 is 19.4 Å².